The lowest BCUT2D eigenvalue weighted by Crippen LogP contribution is -2.29. The molecule has 4 N–H and O–H groups in total. The molecule has 12 heteroatoms. The van der Waals surface area contributed by atoms with Crippen molar-refractivity contribution in [2.45, 2.75) is 13.1 Å². The summed E-state index contributed by atoms with van der Waals surface area (Å²) in [5.74, 6) is 0.0129. The fraction of sp³-hybridized carbons (Fsp3) is 0.176. The van der Waals surface area contributed by atoms with Crippen LogP contribution in [0.25, 0.3) is 16.6 Å². The number of aromatic nitrogens is 3. The number of fused-ring (bicyclic) bond motifs is 1. The zero-order valence-corrected chi connectivity index (χ0v) is 15.6. The van der Waals surface area contributed by atoms with Gasteiger partial charge < -0.3 is 10.7 Å². The number of H-pyrrole nitrogens is 1. The van der Waals surface area contributed by atoms with Gasteiger partial charge in [0.1, 0.15) is 5.82 Å². The summed E-state index contributed by atoms with van der Waals surface area (Å²) in [7, 11) is 0. The van der Waals surface area contributed by atoms with Crippen LogP contribution in [-0.2, 0) is 6.18 Å². The van der Waals surface area contributed by atoms with Crippen molar-refractivity contribution in [3.8, 4) is 5.69 Å². The summed E-state index contributed by atoms with van der Waals surface area (Å²) in [6.07, 6.45) is -2.66. The molecule has 0 unspecified atom stereocenters. The van der Waals surface area contributed by atoms with Crippen molar-refractivity contribution in [1.82, 2.24) is 20.1 Å². The molecule has 29 heavy (non-hydrogen) atoms. The normalized spacial score (nSPS) is 11.5. The molecule has 0 saturated carbocycles. The first-order chi connectivity index (χ1) is 13.7. The van der Waals surface area contributed by atoms with Gasteiger partial charge >= 0.3 is 12.2 Å². The van der Waals surface area contributed by atoms with Crippen molar-refractivity contribution < 1.29 is 18.0 Å². The van der Waals surface area contributed by atoms with E-state index in [-0.39, 0.29) is 28.0 Å². The van der Waals surface area contributed by atoms with Crippen molar-refractivity contribution in [1.29, 1.82) is 5.41 Å². The topological polar surface area (TPSA) is 116 Å². The number of carbonyl (C=O) groups is 1. The Hall–Kier alpha value is -3.34. The Bertz CT molecular complexity index is 1170. The van der Waals surface area contributed by atoms with Gasteiger partial charge in [0.15, 0.2) is 0 Å². The fourth-order valence-electron chi connectivity index (χ4n) is 2.70. The number of hydrogen-bond acceptors (Lipinski definition) is 4. The van der Waals surface area contributed by atoms with Crippen LogP contribution >= 0.6 is 11.6 Å². The van der Waals surface area contributed by atoms with Crippen molar-refractivity contribution >= 4 is 40.6 Å². The maximum atomic E-state index is 13.1. The van der Waals surface area contributed by atoms with Crippen LogP contribution in [0.15, 0.2) is 29.2 Å². The molecule has 0 spiro atoms. The van der Waals surface area contributed by atoms with Crippen LogP contribution in [0.4, 0.5) is 23.8 Å². The van der Waals surface area contributed by atoms with Gasteiger partial charge in [-0.2, -0.15) is 13.2 Å². The van der Waals surface area contributed by atoms with E-state index >= 15 is 0 Å². The Morgan fingerprint density at radius 3 is 2.76 bits per heavy atom. The summed E-state index contributed by atoms with van der Waals surface area (Å²) in [4.78, 5) is 28.4. The Kier molecular flexibility index (Phi) is 5.33. The summed E-state index contributed by atoms with van der Waals surface area (Å²) in [5.41, 5.74) is -1.64. The van der Waals surface area contributed by atoms with Gasteiger partial charge in [-0.25, -0.2) is 14.5 Å². The number of nitrogens with zero attached hydrogens (tertiary/aromatic N) is 2. The van der Waals surface area contributed by atoms with Gasteiger partial charge in [-0.1, -0.05) is 11.6 Å². The van der Waals surface area contributed by atoms with Crippen LogP contribution in [0.1, 0.15) is 18.1 Å². The van der Waals surface area contributed by atoms with E-state index in [1.807, 2.05) is 0 Å². The van der Waals surface area contributed by atoms with Gasteiger partial charge in [0.25, 0.3) is 5.56 Å². The largest absolute Gasteiger partial charge is 0.417 e. The molecule has 2 amide bonds. The zero-order valence-electron chi connectivity index (χ0n) is 14.8. The second-order valence-electron chi connectivity index (χ2n) is 5.85. The quantitative estimate of drug-likeness (QED) is 0.478. The molecule has 0 aliphatic rings. The lowest BCUT2D eigenvalue weighted by Gasteiger charge is -2.11. The van der Waals surface area contributed by atoms with E-state index in [9.17, 15) is 22.8 Å². The zero-order chi connectivity index (χ0) is 21.3. The molecule has 0 saturated heterocycles. The molecule has 8 nitrogen and oxygen atoms in total. The number of benzene rings is 1. The maximum absolute atomic E-state index is 13.1. The van der Waals surface area contributed by atoms with E-state index < -0.39 is 28.4 Å². The Morgan fingerprint density at radius 1 is 1.41 bits per heavy atom. The molecule has 3 aromatic rings. The summed E-state index contributed by atoms with van der Waals surface area (Å²) < 4.78 is 40.3. The average molecular weight is 427 g/mol. The SMILES string of the molecule is CCNC(=O)Nc1ncc2c(=O)n(-c3ccc(Cl)c(C(F)(F)F)c3)[nH]c2c1C=N. The van der Waals surface area contributed by atoms with Gasteiger partial charge in [-0.15, -0.1) is 0 Å². The third kappa shape index (κ3) is 3.81. The first-order valence-electron chi connectivity index (χ1n) is 8.23. The highest BCUT2D eigenvalue weighted by atomic mass is 35.5. The standard InChI is InChI=1S/C17H14ClF3N6O2/c1-2-23-16(29)25-14-9(6-22)13-10(7-24-14)15(28)27(26-13)8-3-4-12(18)11(5-8)17(19,20)21/h3-7,22,26H,2H2,1H3,(H2,23,24,25,29). The van der Waals surface area contributed by atoms with Crippen LogP contribution in [0.2, 0.25) is 5.02 Å². The lowest BCUT2D eigenvalue weighted by atomic mass is 10.2. The van der Waals surface area contributed by atoms with Crippen LogP contribution in [0.3, 0.4) is 0 Å². The van der Waals surface area contributed by atoms with E-state index in [0.29, 0.717) is 6.54 Å². The monoisotopic (exact) mass is 426 g/mol. The summed E-state index contributed by atoms with van der Waals surface area (Å²) in [5, 5.41) is 14.8. The molecule has 2 heterocycles. The molecule has 152 valence electrons. The summed E-state index contributed by atoms with van der Waals surface area (Å²) >= 11 is 5.63. The Balaban J connectivity index is 2.17. The molecule has 2 aromatic heterocycles. The number of pyridine rings is 1. The van der Waals surface area contributed by atoms with E-state index in [1.165, 1.54) is 12.3 Å². The molecular weight excluding hydrogens is 413 g/mol. The number of hydrogen-bond donors (Lipinski definition) is 4. The number of anilines is 1. The van der Waals surface area contributed by atoms with Gasteiger partial charge in [0.2, 0.25) is 0 Å². The first kappa shape index (κ1) is 20.4. The number of halogens is 4. The molecule has 3 rings (SSSR count). The fourth-order valence-corrected chi connectivity index (χ4v) is 2.92. The second-order valence-corrected chi connectivity index (χ2v) is 6.26. The van der Waals surface area contributed by atoms with Gasteiger partial charge in [0.05, 0.1) is 32.7 Å². The van der Waals surface area contributed by atoms with E-state index in [1.54, 1.807) is 6.92 Å². The van der Waals surface area contributed by atoms with Crippen LogP contribution < -0.4 is 16.2 Å². The molecule has 0 bridgehead atoms. The molecule has 0 atom stereocenters. The smallest absolute Gasteiger partial charge is 0.338 e. The first-order valence-corrected chi connectivity index (χ1v) is 8.61. The van der Waals surface area contributed by atoms with Crippen molar-refractivity contribution in [3.05, 3.63) is 50.9 Å². The van der Waals surface area contributed by atoms with Gasteiger partial charge in [0, 0.05) is 19.0 Å². The summed E-state index contributed by atoms with van der Waals surface area (Å²) in [6, 6.07) is 2.47. The van der Waals surface area contributed by atoms with E-state index in [0.717, 1.165) is 23.0 Å². The Labute approximate surface area is 166 Å². The number of amides is 2. The number of nitrogens with one attached hydrogen (secondary N) is 4. The number of carbonyl (C=O) groups excluding carboxylic acids is 1. The van der Waals surface area contributed by atoms with Crippen molar-refractivity contribution in [2.75, 3.05) is 11.9 Å². The molecule has 0 aliphatic heterocycles. The second kappa shape index (κ2) is 7.59. The minimum Gasteiger partial charge on any atom is -0.338 e. The average Bonchev–Trinajstić information content (AvgIpc) is 2.98. The number of urea groups is 1. The number of alkyl halides is 3. The maximum Gasteiger partial charge on any atom is 0.417 e. The van der Waals surface area contributed by atoms with Crippen molar-refractivity contribution in [2.24, 2.45) is 0 Å². The van der Waals surface area contributed by atoms with Crippen LogP contribution in [-0.4, -0.2) is 33.6 Å². The van der Waals surface area contributed by atoms with Crippen LogP contribution in [0, 0.1) is 5.41 Å². The molecule has 0 radical (unpaired) electrons. The minimum atomic E-state index is -4.70. The van der Waals surface area contributed by atoms with Gasteiger partial charge in [-0.05, 0) is 25.1 Å². The summed E-state index contributed by atoms with van der Waals surface area (Å²) in [6.45, 7) is 2.08. The molecule has 0 fully saturated rings. The minimum absolute atomic E-state index is 0.0129. The highest BCUT2D eigenvalue weighted by molar-refractivity contribution is 6.31. The highest BCUT2D eigenvalue weighted by Crippen LogP contribution is 2.35. The molecular formula is C17H14ClF3N6O2. The van der Waals surface area contributed by atoms with Crippen molar-refractivity contribution in [3.63, 3.8) is 0 Å². The highest BCUT2D eigenvalue weighted by Gasteiger charge is 2.33. The number of rotatable bonds is 4. The van der Waals surface area contributed by atoms with E-state index in [2.05, 4.69) is 20.7 Å². The predicted octanol–water partition coefficient (Wildman–Crippen LogP) is 3.53. The Morgan fingerprint density at radius 2 is 2.14 bits per heavy atom. The predicted molar refractivity (Wildman–Crippen MR) is 102 cm³/mol. The van der Waals surface area contributed by atoms with E-state index in [4.69, 9.17) is 17.0 Å². The third-order valence-electron chi connectivity index (χ3n) is 4.00. The molecule has 1 aromatic carbocycles. The van der Waals surface area contributed by atoms with Crippen LogP contribution in [0.5, 0.6) is 0 Å². The third-order valence-corrected chi connectivity index (χ3v) is 4.33. The number of aromatic amines is 1. The van der Waals surface area contributed by atoms with Gasteiger partial charge in [-0.3, -0.25) is 15.2 Å². The lowest BCUT2D eigenvalue weighted by molar-refractivity contribution is -0.137. The molecule has 0 aliphatic carbocycles.